The van der Waals surface area contributed by atoms with Crippen LogP contribution >= 0.6 is 0 Å². The van der Waals surface area contributed by atoms with Gasteiger partial charge in [0, 0.05) is 12.8 Å². The van der Waals surface area contributed by atoms with E-state index >= 15 is 0 Å². The van der Waals surface area contributed by atoms with E-state index in [4.69, 9.17) is 5.73 Å². The van der Waals surface area contributed by atoms with E-state index in [9.17, 15) is 62.6 Å². The number of nitrogens with one attached hydrogen (secondary N) is 11. The Kier molecular flexibility index (Phi) is 31.4. The second-order valence-electron chi connectivity index (χ2n) is 22.9. The SMILES string of the molecule is CC[C@H](C)[C@H](NC(=O)CNC(=O)[C@@H](NC(=O)[C@H](C)N)C(C)C)C(=O)NCC(=O)N[C@@H](C)C(=O)N[C@@H](CC(C)C)C(=O)N[C@@H](Cc1ccccc1)C(=O)N[C@@H](CC(C)C)C(=O)NCC(=O)N[C@@H](Cc1ccccc1)C(=O)N[C@@H](CC(C)C)C(=O)O. The van der Waals surface area contributed by atoms with E-state index in [1.54, 1.807) is 88.4 Å². The molecule has 11 amide bonds. The van der Waals surface area contributed by atoms with Gasteiger partial charge in [0.05, 0.1) is 25.7 Å². The normalized spacial score (nSPS) is 14.8. The minimum absolute atomic E-state index is 0.0117. The first-order valence-corrected chi connectivity index (χ1v) is 28.7. The summed E-state index contributed by atoms with van der Waals surface area (Å²) in [5.74, 6) is -10.3. The lowest BCUT2D eigenvalue weighted by Crippen LogP contribution is -2.59. The number of amides is 11. The van der Waals surface area contributed by atoms with E-state index in [-0.39, 0.29) is 55.8 Å². The maximum atomic E-state index is 14.3. The summed E-state index contributed by atoms with van der Waals surface area (Å²) < 4.78 is 0. The highest BCUT2D eigenvalue weighted by Gasteiger charge is 2.34. The summed E-state index contributed by atoms with van der Waals surface area (Å²) >= 11 is 0. The van der Waals surface area contributed by atoms with Gasteiger partial charge in [-0.1, -0.05) is 136 Å². The highest BCUT2D eigenvalue weighted by Crippen LogP contribution is 2.13. The van der Waals surface area contributed by atoms with Gasteiger partial charge in [0.1, 0.15) is 48.3 Å². The molecule has 0 bridgehead atoms. The first-order chi connectivity index (χ1) is 39.4. The van der Waals surface area contributed by atoms with Crippen molar-refractivity contribution < 1.29 is 62.6 Å². The van der Waals surface area contributed by atoms with Crippen LogP contribution in [0.25, 0.3) is 0 Å². The summed E-state index contributed by atoms with van der Waals surface area (Å²) in [4.78, 5) is 160. The van der Waals surface area contributed by atoms with E-state index < -0.39 is 151 Å². The van der Waals surface area contributed by atoms with Crippen LogP contribution < -0.4 is 64.2 Å². The molecule has 0 aromatic heterocycles. The molecule has 0 fully saturated rings. The lowest BCUT2D eigenvalue weighted by molar-refractivity contribution is -0.142. The van der Waals surface area contributed by atoms with Gasteiger partial charge in [0.15, 0.2) is 0 Å². The average molecular weight is 1180 g/mol. The second-order valence-corrected chi connectivity index (χ2v) is 22.9. The van der Waals surface area contributed by atoms with Crippen LogP contribution in [0.4, 0.5) is 0 Å². The smallest absolute Gasteiger partial charge is 0.326 e. The Labute approximate surface area is 493 Å². The number of carbonyl (C=O) groups is 12. The highest BCUT2D eigenvalue weighted by atomic mass is 16.4. The van der Waals surface area contributed by atoms with Gasteiger partial charge in [-0.2, -0.15) is 0 Å². The molecule has 2 aromatic rings. The van der Waals surface area contributed by atoms with Crippen molar-refractivity contribution >= 4 is 70.9 Å². The molecule has 0 saturated heterocycles. The van der Waals surface area contributed by atoms with Crippen molar-refractivity contribution in [3.63, 3.8) is 0 Å². The predicted molar refractivity (Wildman–Crippen MR) is 314 cm³/mol. The van der Waals surface area contributed by atoms with Crippen molar-refractivity contribution in [2.45, 2.75) is 176 Å². The van der Waals surface area contributed by atoms with Crippen molar-refractivity contribution in [2.75, 3.05) is 19.6 Å². The van der Waals surface area contributed by atoms with Crippen molar-refractivity contribution in [2.24, 2.45) is 35.3 Å². The van der Waals surface area contributed by atoms with Gasteiger partial charge in [-0.05, 0) is 73.8 Å². The zero-order valence-corrected chi connectivity index (χ0v) is 50.6. The van der Waals surface area contributed by atoms with Crippen LogP contribution in [0.15, 0.2) is 60.7 Å². The molecular weight excluding hydrogens is 1080 g/mol. The van der Waals surface area contributed by atoms with Crippen molar-refractivity contribution in [3.05, 3.63) is 71.8 Å². The topological polar surface area (TPSA) is 383 Å². The number of carboxylic acids is 1. The third-order valence-corrected chi connectivity index (χ3v) is 13.4. The second kappa shape index (κ2) is 36.6. The summed E-state index contributed by atoms with van der Waals surface area (Å²) in [6.07, 6.45) is 0.742. The van der Waals surface area contributed by atoms with Gasteiger partial charge in [-0.25, -0.2) is 4.79 Å². The summed E-state index contributed by atoms with van der Waals surface area (Å²) in [6.45, 7) is 18.8. The van der Waals surface area contributed by atoms with Crippen LogP contribution in [0, 0.1) is 29.6 Å². The Hall–Kier alpha value is -7.96. The monoisotopic (exact) mass is 1180 g/mol. The lowest BCUT2D eigenvalue weighted by atomic mass is 9.98. The summed E-state index contributed by atoms with van der Waals surface area (Å²) in [5.41, 5.74) is 6.94. The molecule has 14 N–H and O–H groups in total. The Bertz CT molecular complexity index is 2530. The Morgan fingerprint density at radius 2 is 0.774 bits per heavy atom. The molecule has 2 rings (SSSR count). The maximum absolute atomic E-state index is 14.3. The van der Waals surface area contributed by atoms with Crippen LogP contribution in [0.3, 0.4) is 0 Å². The molecule has 466 valence electrons. The van der Waals surface area contributed by atoms with Gasteiger partial charge in [0.25, 0.3) is 0 Å². The third kappa shape index (κ3) is 27.0. The van der Waals surface area contributed by atoms with E-state index in [2.05, 4.69) is 58.5 Å². The number of carbonyl (C=O) groups excluding carboxylic acids is 11. The van der Waals surface area contributed by atoms with Gasteiger partial charge >= 0.3 is 5.97 Å². The molecular formula is C59H92N12O13. The van der Waals surface area contributed by atoms with Gasteiger partial charge in [-0.3, -0.25) is 52.7 Å². The number of hydrogen-bond donors (Lipinski definition) is 13. The molecule has 0 aliphatic carbocycles. The molecule has 25 heteroatoms. The van der Waals surface area contributed by atoms with E-state index in [1.165, 1.54) is 13.8 Å². The van der Waals surface area contributed by atoms with Crippen LogP contribution in [0.2, 0.25) is 0 Å². The molecule has 25 nitrogen and oxygen atoms in total. The molecule has 10 atom stereocenters. The summed E-state index contributed by atoms with van der Waals surface area (Å²) in [5, 5.41) is 38.1. The fraction of sp³-hybridized carbons (Fsp3) is 0.593. The fourth-order valence-corrected chi connectivity index (χ4v) is 8.53. The molecule has 0 spiro atoms. The number of carboxylic acid groups (broad SMARTS) is 1. The number of rotatable bonds is 36. The highest BCUT2D eigenvalue weighted by molar-refractivity contribution is 5.98. The molecule has 0 unspecified atom stereocenters. The molecule has 0 saturated carbocycles. The number of hydrogen-bond acceptors (Lipinski definition) is 13. The largest absolute Gasteiger partial charge is 0.480 e. The summed E-state index contributed by atoms with van der Waals surface area (Å²) in [7, 11) is 0. The molecule has 0 heterocycles. The van der Waals surface area contributed by atoms with Crippen LogP contribution in [-0.2, 0) is 70.4 Å². The van der Waals surface area contributed by atoms with Crippen LogP contribution in [0.1, 0.15) is 120 Å². The Morgan fingerprint density at radius 3 is 1.21 bits per heavy atom. The minimum Gasteiger partial charge on any atom is -0.480 e. The van der Waals surface area contributed by atoms with Crippen molar-refractivity contribution in [1.82, 2.24) is 58.5 Å². The zero-order valence-electron chi connectivity index (χ0n) is 50.6. The Balaban J connectivity index is 2.20. The third-order valence-electron chi connectivity index (χ3n) is 13.4. The molecule has 0 aliphatic heterocycles. The fourth-order valence-electron chi connectivity index (χ4n) is 8.53. The predicted octanol–water partition coefficient (Wildman–Crippen LogP) is -0.00910. The molecule has 0 radical (unpaired) electrons. The molecule has 0 aliphatic rings. The maximum Gasteiger partial charge on any atom is 0.326 e. The Morgan fingerprint density at radius 1 is 0.405 bits per heavy atom. The van der Waals surface area contributed by atoms with Gasteiger partial charge in [-0.15, -0.1) is 0 Å². The van der Waals surface area contributed by atoms with E-state index in [0.717, 1.165) is 0 Å². The van der Waals surface area contributed by atoms with E-state index in [1.807, 2.05) is 41.5 Å². The molecule has 84 heavy (non-hydrogen) atoms. The quantitative estimate of drug-likeness (QED) is 0.0427. The first kappa shape index (κ1) is 72.1. The minimum atomic E-state index is -1.31. The van der Waals surface area contributed by atoms with Gasteiger partial charge < -0.3 is 69.3 Å². The van der Waals surface area contributed by atoms with Gasteiger partial charge in [0.2, 0.25) is 65.0 Å². The standard InChI is InChI=1S/C59H92N12O13/c1-13-36(10)50(70-48(74)31-62-57(81)49(35(8)9)71-51(75)37(11)60)58(82)63-29-46(72)64-38(12)52(76)66-42(25-33(4)5)54(78)68-44(28-40-22-18-15-19-23-40)56(80)67-41(24-32(2)3)53(77)61-30-47(73)65-43(27-39-20-16-14-17-21-39)55(79)69-45(59(83)84)26-34(6)7/h14-23,32-38,41-45,49-50H,13,24-31,60H2,1-12H3,(H,61,77)(H,62,81)(H,63,82)(H,64,72)(H,65,73)(H,66,76)(H,67,80)(H,68,78)(H,69,79)(H,70,74)(H,71,75)(H,83,84)/t36-,37-,38-,41-,42-,43-,44-,45-,49-,50-/m0/s1. The number of aliphatic carboxylic acids is 1. The van der Waals surface area contributed by atoms with E-state index in [0.29, 0.717) is 17.5 Å². The van der Waals surface area contributed by atoms with Crippen LogP contribution in [0.5, 0.6) is 0 Å². The average Bonchev–Trinajstić information content (AvgIpc) is 3.59. The van der Waals surface area contributed by atoms with Crippen LogP contribution in [-0.4, -0.2) is 150 Å². The number of nitrogens with two attached hydrogens (primary N) is 1. The molecule has 2 aromatic carbocycles. The first-order valence-electron chi connectivity index (χ1n) is 28.7. The zero-order chi connectivity index (χ0) is 63.4. The van der Waals surface area contributed by atoms with Crippen molar-refractivity contribution in [3.8, 4) is 0 Å². The summed E-state index contributed by atoms with van der Waals surface area (Å²) in [6, 6.07) is 7.07. The van der Waals surface area contributed by atoms with Crippen molar-refractivity contribution in [1.29, 1.82) is 0 Å². The lowest BCUT2D eigenvalue weighted by Gasteiger charge is -2.27. The number of benzene rings is 2.